The van der Waals surface area contributed by atoms with Gasteiger partial charge in [0.1, 0.15) is 0 Å². The summed E-state index contributed by atoms with van der Waals surface area (Å²) >= 11 is 72.7. The number of hydrogen-bond acceptors (Lipinski definition) is 19. The van der Waals surface area contributed by atoms with Crippen LogP contribution in [-0.2, 0) is 0 Å². The van der Waals surface area contributed by atoms with Crippen molar-refractivity contribution < 1.29 is 24.0 Å². The number of benzene rings is 11. The van der Waals surface area contributed by atoms with Crippen LogP contribution in [0.2, 0.25) is 48.9 Å². The van der Waals surface area contributed by atoms with Gasteiger partial charge >= 0.3 is 0 Å². The Bertz CT molecular complexity index is 7530. The first-order chi connectivity index (χ1) is 71.4. The van der Waals surface area contributed by atoms with E-state index in [-0.39, 0.29) is 29.5 Å². The van der Waals surface area contributed by atoms with E-state index in [4.69, 9.17) is 141 Å². The summed E-state index contributed by atoms with van der Waals surface area (Å²) < 4.78 is 1.41. The second kappa shape index (κ2) is 52.0. The number of carbonyl (C=O) groups excluding carboxylic acids is 5. The molecule has 20 rings (SSSR count). The molecule has 5 N–H and O–H groups in total. The van der Waals surface area contributed by atoms with E-state index in [1.165, 1.54) is 22.7 Å². The summed E-state index contributed by atoms with van der Waals surface area (Å²) in [4.78, 5) is 108. The summed E-state index contributed by atoms with van der Waals surface area (Å²) in [5.74, 6) is 0.329. The predicted molar refractivity (Wildman–Crippen MR) is 621 cm³/mol. The number of halogens is 10. The molecule has 0 bridgehead atoms. The summed E-state index contributed by atoms with van der Waals surface area (Å²) in [6.45, 7) is 17.8. The molecule has 9 heterocycles. The first kappa shape index (κ1) is 110. The first-order valence-electron chi connectivity index (χ1n) is 47.4. The number of pyridine rings is 2. The molecule has 0 unspecified atom stereocenters. The van der Waals surface area contributed by atoms with E-state index in [2.05, 4.69) is 85.0 Å². The quantitative estimate of drug-likeness (QED) is 0.0376. The molecule has 11 aromatic carbocycles. The van der Waals surface area contributed by atoms with Gasteiger partial charge in [-0.3, -0.25) is 33.9 Å². The standard InChI is InChI=1S/C24H20Cl2N2OS.2C23H19Cl2N3OS.2C22H18Cl2N2OS2/c1-14(2)13-27-24(29)16-5-10-21-20(11-16)28-23(15-3-6-17(25)7-4-15)19-9-8-18(26)12-22(19)30-21;2*1-2-3-10-26-23(29)14-4-9-20-19(11-14)28-22(18-8-6-16(25)13-27-18)17-7-5-15(24)12-21(17)30-20;1-12(2)11-25-22(27)13-3-6-17-16(9-13)26-21(18-7-8-20(24)29-18)15-5-4-14(23)10-19(15)28-17;1-2-3-10-25-22(27)13-4-7-17-16(11-13)26-21(18-8-9-20(24)29-18)15-6-5-14(23)12-19(15)28-17/h3-12,14H,13H2,1-2H3,(H,27,29);2*4-9,11-13H,2-3,10H2,1H3,(H,26,29);3-10,12H,11H2,1-2H3,(H,25,27);4-9,11-12H,2-3,10H2,1H3,(H,25,27). The fourth-order valence-electron chi connectivity index (χ4n) is 15.3. The Kier molecular flexibility index (Phi) is 38.7. The van der Waals surface area contributed by atoms with E-state index in [0.29, 0.717) is 144 Å². The lowest BCUT2D eigenvalue weighted by atomic mass is 10.0. The van der Waals surface area contributed by atoms with Crippen LogP contribution in [0, 0.1) is 11.8 Å². The molecule has 0 fully saturated rings. The molecule has 5 aliphatic heterocycles. The van der Waals surface area contributed by atoms with Gasteiger partial charge in [-0.15, -0.1) is 22.7 Å². The lowest BCUT2D eigenvalue weighted by Crippen LogP contribution is -2.27. The number of unbranched alkanes of at least 4 members (excludes halogenated alkanes) is 3. The van der Waals surface area contributed by atoms with Crippen molar-refractivity contribution in [1.82, 2.24) is 36.6 Å². The van der Waals surface area contributed by atoms with Crippen LogP contribution in [0.4, 0.5) is 28.4 Å². The Balaban J connectivity index is 0.000000132. The zero-order chi connectivity index (χ0) is 104. The van der Waals surface area contributed by atoms with Crippen molar-refractivity contribution in [3.05, 3.63) is 398 Å². The van der Waals surface area contributed by atoms with Gasteiger partial charge in [-0.1, -0.05) is 285 Å². The Morgan fingerprint density at radius 2 is 0.520 bits per heavy atom. The number of carbonyl (C=O) groups is 5. The maximum absolute atomic E-state index is 12.6. The van der Waals surface area contributed by atoms with Gasteiger partial charge in [0.05, 0.1) is 96.9 Å². The number of aliphatic imine (C=N–C) groups is 5. The van der Waals surface area contributed by atoms with Crippen LogP contribution >= 0.6 is 197 Å². The SMILES string of the molecule is CC(C)CNC(=O)c1ccc2c(c1)N=C(c1ccc(Cl)cc1)c1ccc(Cl)cc1S2.CC(C)CNC(=O)c1ccc2c(c1)N=C(c1ccc(Cl)s1)c1ccc(Cl)cc1S2.CCCCNC(=O)c1ccc2c(c1)N=C(c1ccc(Cl)cn1)c1ccc(Cl)cc1S2.CCCCNC(=O)c1ccc2c(c1)N=C(c1ccc(Cl)cn1)c1ccc(Cl)cc1S2.CCCCNC(=O)c1ccc2c(c1)N=C(c1ccc(Cl)s1)c1ccc(Cl)cc1S2. The molecule has 5 amide bonds. The molecule has 148 heavy (non-hydrogen) atoms. The van der Waals surface area contributed by atoms with Crippen molar-refractivity contribution in [1.29, 1.82) is 0 Å². The highest BCUT2D eigenvalue weighted by atomic mass is 35.5. The topological polar surface area (TPSA) is 233 Å². The highest BCUT2D eigenvalue weighted by Crippen LogP contribution is 2.50. The largest absolute Gasteiger partial charge is 0.352 e. The Morgan fingerprint density at radius 1 is 0.264 bits per heavy atom. The van der Waals surface area contributed by atoms with Gasteiger partial charge in [0.25, 0.3) is 29.5 Å². The highest BCUT2D eigenvalue weighted by Gasteiger charge is 2.30. The van der Waals surface area contributed by atoms with Crippen LogP contribution in [0.1, 0.15) is 193 Å². The molecule has 752 valence electrons. The fraction of sp³-hybridized carbons (Fsp3) is 0.175. The predicted octanol–water partition coefficient (Wildman–Crippen LogP) is 34.4. The number of nitrogens with one attached hydrogen (secondary N) is 5. The summed E-state index contributed by atoms with van der Waals surface area (Å²) in [6.07, 6.45) is 9.17. The van der Waals surface area contributed by atoms with Gasteiger partial charge in [0.15, 0.2) is 0 Å². The number of amides is 5. The molecule has 0 spiro atoms. The van der Waals surface area contributed by atoms with Crippen LogP contribution in [0.5, 0.6) is 0 Å². The first-order valence-corrected chi connectivity index (χ1v) is 56.9. The molecule has 17 nitrogen and oxygen atoms in total. The lowest BCUT2D eigenvalue weighted by Gasteiger charge is -2.09. The van der Waals surface area contributed by atoms with Crippen LogP contribution < -0.4 is 26.6 Å². The minimum atomic E-state index is -0.0950. The molecule has 0 aliphatic carbocycles. The van der Waals surface area contributed by atoms with Crippen molar-refractivity contribution in [3.63, 3.8) is 0 Å². The second-order valence-electron chi connectivity index (χ2n) is 34.9. The van der Waals surface area contributed by atoms with E-state index in [1.807, 2.05) is 243 Å². The molecule has 0 saturated carbocycles. The zero-order valence-electron chi connectivity index (χ0n) is 80.6. The second-order valence-corrected chi connectivity index (χ2v) is 47.2. The number of thiophene rings is 2. The zero-order valence-corrected chi connectivity index (χ0v) is 93.9. The van der Waals surface area contributed by atoms with Gasteiger partial charge in [0, 0.05) is 185 Å². The van der Waals surface area contributed by atoms with Crippen molar-refractivity contribution in [2.45, 2.75) is 136 Å². The van der Waals surface area contributed by atoms with E-state index >= 15 is 0 Å². The fourth-order valence-corrected chi connectivity index (χ4v) is 24.1. The van der Waals surface area contributed by atoms with Gasteiger partial charge < -0.3 is 26.6 Å². The van der Waals surface area contributed by atoms with Crippen molar-refractivity contribution in [3.8, 4) is 0 Å². The van der Waals surface area contributed by atoms with Crippen LogP contribution in [0.3, 0.4) is 0 Å². The molecule has 0 saturated heterocycles. The third kappa shape index (κ3) is 28.6. The summed E-state index contributed by atoms with van der Waals surface area (Å²) in [7, 11) is 0. The summed E-state index contributed by atoms with van der Waals surface area (Å²) in [5, 5.41) is 19.9. The minimum Gasteiger partial charge on any atom is -0.352 e. The van der Waals surface area contributed by atoms with Gasteiger partial charge in [0.2, 0.25) is 0 Å². The third-order valence-corrected chi connectivity index (χ3v) is 32.8. The molecular weight excluding hydrogens is 2200 g/mol. The molecule has 0 atom stereocenters. The van der Waals surface area contributed by atoms with E-state index in [1.54, 1.807) is 83.3 Å². The molecule has 4 aromatic heterocycles. The molecule has 15 aromatic rings. The Labute approximate surface area is 939 Å². The number of nitrogens with zero attached hydrogens (tertiary/aromatic N) is 7. The number of hydrogen-bond donors (Lipinski definition) is 5. The maximum atomic E-state index is 12.6. The average molecular weight is 2290 g/mol. The van der Waals surface area contributed by atoms with Gasteiger partial charge in [-0.05, 0) is 243 Å². The maximum Gasteiger partial charge on any atom is 0.251 e. The van der Waals surface area contributed by atoms with E-state index in [9.17, 15) is 24.0 Å². The summed E-state index contributed by atoms with van der Waals surface area (Å²) in [5.41, 5.74) is 17.9. The number of aromatic nitrogens is 2. The van der Waals surface area contributed by atoms with Gasteiger partial charge in [-0.25, -0.2) is 25.0 Å². The normalized spacial score (nSPS) is 12.6. The molecule has 0 radical (unpaired) electrons. The number of rotatable bonds is 23. The van der Waals surface area contributed by atoms with Crippen molar-refractivity contribution in [2.75, 3.05) is 32.7 Å². The van der Waals surface area contributed by atoms with Crippen LogP contribution in [-0.4, -0.2) is 101 Å². The monoisotopic (exact) mass is 2280 g/mol. The van der Waals surface area contributed by atoms with Crippen LogP contribution in [0.25, 0.3) is 0 Å². The summed E-state index contributed by atoms with van der Waals surface area (Å²) in [6, 6.07) is 79.5. The molecule has 34 heteroatoms. The number of fused-ring (bicyclic) bond motifs is 10. The highest BCUT2D eigenvalue weighted by molar-refractivity contribution is 8.00. The van der Waals surface area contributed by atoms with Crippen molar-refractivity contribution >= 4 is 284 Å². The van der Waals surface area contributed by atoms with Crippen molar-refractivity contribution in [2.24, 2.45) is 36.8 Å². The average Bonchev–Trinajstić information content (AvgIpc) is 1.65. The minimum absolute atomic E-state index is 0.0769. The van der Waals surface area contributed by atoms with E-state index in [0.717, 1.165) is 176 Å². The van der Waals surface area contributed by atoms with E-state index < -0.39 is 0 Å². The smallest absolute Gasteiger partial charge is 0.251 e. The van der Waals surface area contributed by atoms with Gasteiger partial charge in [-0.2, -0.15) is 0 Å². The third-order valence-electron chi connectivity index (χ3n) is 22.8. The lowest BCUT2D eigenvalue weighted by molar-refractivity contribution is 0.0941. The molecule has 5 aliphatic rings. The Morgan fingerprint density at radius 3 is 0.784 bits per heavy atom. The molecular formula is C114H94Cl10N12O5S7. The Hall–Kier alpha value is -10.5. The van der Waals surface area contributed by atoms with Crippen LogP contribution in [0.15, 0.2) is 341 Å².